The Balaban J connectivity index is 2.03. The van der Waals surface area contributed by atoms with Crippen LogP contribution in [0.25, 0.3) is 0 Å². The minimum Gasteiger partial charge on any atom is -0.306 e. The van der Waals surface area contributed by atoms with E-state index < -0.39 is 0 Å². The fourth-order valence-corrected chi connectivity index (χ4v) is 3.63. The lowest BCUT2D eigenvalue weighted by Crippen LogP contribution is -2.18. The molecule has 1 atom stereocenters. The van der Waals surface area contributed by atoms with Gasteiger partial charge in [-0.1, -0.05) is 34.1 Å². The maximum atomic E-state index is 3.60. The molecule has 2 rings (SSSR count). The number of hydrogen-bond acceptors (Lipinski definition) is 2. The van der Waals surface area contributed by atoms with Crippen molar-refractivity contribution in [1.82, 2.24) is 5.32 Å². The Morgan fingerprint density at radius 3 is 2.61 bits per heavy atom. The highest BCUT2D eigenvalue weighted by Gasteiger charge is 2.09. The van der Waals surface area contributed by atoms with Crippen LogP contribution in [0.2, 0.25) is 0 Å². The second-order valence-corrected chi connectivity index (χ2v) is 6.88. The van der Waals surface area contributed by atoms with Gasteiger partial charge >= 0.3 is 0 Å². The van der Waals surface area contributed by atoms with E-state index in [0.29, 0.717) is 6.04 Å². The van der Waals surface area contributed by atoms with E-state index in [2.05, 4.69) is 66.3 Å². The zero-order valence-electron chi connectivity index (χ0n) is 11.0. The topological polar surface area (TPSA) is 12.0 Å². The predicted molar refractivity (Wildman–Crippen MR) is 83.2 cm³/mol. The Morgan fingerprint density at radius 1 is 1.28 bits per heavy atom. The zero-order valence-corrected chi connectivity index (χ0v) is 13.4. The first-order valence-corrected chi connectivity index (χ1v) is 7.72. The molecule has 1 aromatic heterocycles. The molecule has 2 aromatic rings. The molecule has 0 amide bonds. The largest absolute Gasteiger partial charge is 0.306 e. The van der Waals surface area contributed by atoms with Gasteiger partial charge in [-0.25, -0.2) is 0 Å². The molecule has 0 radical (unpaired) electrons. The van der Waals surface area contributed by atoms with Gasteiger partial charge in [0.05, 0.1) is 0 Å². The number of aryl methyl sites for hydroxylation is 2. The Kier molecular flexibility index (Phi) is 4.60. The molecule has 0 spiro atoms. The second kappa shape index (κ2) is 6.00. The Bertz CT molecular complexity index is 533. The molecular formula is C15H18BrNS. The summed E-state index contributed by atoms with van der Waals surface area (Å²) in [6.45, 7) is 7.49. The van der Waals surface area contributed by atoms with Gasteiger partial charge in [-0.2, -0.15) is 0 Å². The van der Waals surface area contributed by atoms with Crippen LogP contribution < -0.4 is 5.32 Å². The minimum atomic E-state index is 0.347. The maximum absolute atomic E-state index is 3.60. The summed E-state index contributed by atoms with van der Waals surface area (Å²) in [6, 6.07) is 11.0. The van der Waals surface area contributed by atoms with Crippen LogP contribution in [0.1, 0.15) is 33.8 Å². The number of benzene rings is 1. The van der Waals surface area contributed by atoms with Crippen molar-refractivity contribution in [3.05, 3.63) is 55.7 Å². The van der Waals surface area contributed by atoms with Crippen LogP contribution in [0.15, 0.2) is 34.8 Å². The summed E-state index contributed by atoms with van der Waals surface area (Å²) in [5, 5.41) is 3.59. The van der Waals surface area contributed by atoms with E-state index >= 15 is 0 Å². The van der Waals surface area contributed by atoms with E-state index in [9.17, 15) is 0 Å². The van der Waals surface area contributed by atoms with Gasteiger partial charge in [0.15, 0.2) is 0 Å². The number of nitrogens with one attached hydrogen (secondary N) is 1. The lowest BCUT2D eigenvalue weighted by atomic mass is 10.1. The molecule has 0 aliphatic rings. The molecule has 0 bridgehead atoms. The smallest absolute Gasteiger partial charge is 0.0306 e. The lowest BCUT2D eigenvalue weighted by molar-refractivity contribution is 0.572. The zero-order chi connectivity index (χ0) is 13.1. The lowest BCUT2D eigenvalue weighted by Gasteiger charge is -2.15. The molecule has 1 aromatic carbocycles. The number of rotatable bonds is 4. The normalized spacial score (nSPS) is 12.7. The first kappa shape index (κ1) is 13.8. The molecule has 1 unspecified atom stereocenters. The van der Waals surface area contributed by atoms with Crippen LogP contribution in [0.3, 0.4) is 0 Å². The molecule has 1 N–H and O–H groups in total. The molecular weight excluding hydrogens is 306 g/mol. The van der Waals surface area contributed by atoms with Gasteiger partial charge in [-0.15, -0.1) is 11.3 Å². The van der Waals surface area contributed by atoms with Crippen molar-refractivity contribution in [3.8, 4) is 0 Å². The van der Waals surface area contributed by atoms with Crippen molar-refractivity contribution in [1.29, 1.82) is 0 Å². The second-order valence-electron chi connectivity index (χ2n) is 4.56. The number of thiophene rings is 1. The van der Waals surface area contributed by atoms with Gasteiger partial charge in [-0.05, 0) is 44.0 Å². The van der Waals surface area contributed by atoms with Crippen molar-refractivity contribution >= 4 is 27.3 Å². The Hall–Kier alpha value is -0.640. The van der Waals surface area contributed by atoms with Gasteiger partial charge in [0.2, 0.25) is 0 Å². The highest BCUT2D eigenvalue weighted by Crippen LogP contribution is 2.24. The van der Waals surface area contributed by atoms with Gasteiger partial charge < -0.3 is 5.32 Å². The molecule has 0 aliphatic heterocycles. The van der Waals surface area contributed by atoms with Gasteiger partial charge in [0.1, 0.15) is 0 Å². The fraction of sp³-hybridized carbons (Fsp3) is 0.333. The van der Waals surface area contributed by atoms with Crippen molar-refractivity contribution in [2.45, 2.75) is 33.4 Å². The van der Waals surface area contributed by atoms with E-state index in [0.717, 1.165) is 6.54 Å². The van der Waals surface area contributed by atoms with Crippen LogP contribution in [0.4, 0.5) is 0 Å². The summed E-state index contributed by atoms with van der Waals surface area (Å²) in [5.41, 5.74) is 2.72. The quantitative estimate of drug-likeness (QED) is 0.836. The third-order valence-electron chi connectivity index (χ3n) is 3.11. The third kappa shape index (κ3) is 3.22. The Morgan fingerprint density at radius 2 is 2.00 bits per heavy atom. The van der Waals surface area contributed by atoms with Crippen LogP contribution >= 0.6 is 27.3 Å². The average molecular weight is 324 g/mol. The van der Waals surface area contributed by atoms with Crippen molar-refractivity contribution in [3.63, 3.8) is 0 Å². The monoisotopic (exact) mass is 323 g/mol. The van der Waals surface area contributed by atoms with E-state index in [1.807, 2.05) is 17.4 Å². The molecule has 0 saturated heterocycles. The molecule has 0 aliphatic carbocycles. The molecule has 3 heteroatoms. The predicted octanol–water partition coefficient (Wildman–Crippen LogP) is 4.98. The van der Waals surface area contributed by atoms with Crippen molar-refractivity contribution in [2.24, 2.45) is 0 Å². The summed E-state index contributed by atoms with van der Waals surface area (Å²) in [4.78, 5) is 2.80. The first-order chi connectivity index (χ1) is 8.58. The summed E-state index contributed by atoms with van der Waals surface area (Å²) in [7, 11) is 0. The van der Waals surface area contributed by atoms with Gasteiger partial charge in [0, 0.05) is 26.8 Å². The standard InChI is InChI=1S/C15H18BrNS/c1-10-8-13(12(3)18-10)9-17-11(2)14-6-4-5-7-15(14)16/h4-8,11,17H,9H2,1-3H3. The summed E-state index contributed by atoms with van der Waals surface area (Å²) in [6.07, 6.45) is 0. The third-order valence-corrected chi connectivity index (χ3v) is 4.84. The van der Waals surface area contributed by atoms with Gasteiger partial charge in [-0.3, -0.25) is 0 Å². The number of halogens is 1. The van der Waals surface area contributed by atoms with E-state index in [1.165, 1.54) is 25.4 Å². The van der Waals surface area contributed by atoms with Crippen LogP contribution in [-0.4, -0.2) is 0 Å². The fourth-order valence-electron chi connectivity index (χ4n) is 2.06. The number of hydrogen-bond donors (Lipinski definition) is 1. The summed E-state index contributed by atoms with van der Waals surface area (Å²) >= 11 is 5.47. The summed E-state index contributed by atoms with van der Waals surface area (Å²) in [5.74, 6) is 0. The van der Waals surface area contributed by atoms with E-state index in [4.69, 9.17) is 0 Å². The van der Waals surface area contributed by atoms with Crippen LogP contribution in [-0.2, 0) is 6.54 Å². The van der Waals surface area contributed by atoms with Crippen molar-refractivity contribution in [2.75, 3.05) is 0 Å². The summed E-state index contributed by atoms with van der Waals surface area (Å²) < 4.78 is 1.17. The molecule has 0 fully saturated rings. The molecule has 0 saturated carbocycles. The molecule has 1 nitrogen and oxygen atoms in total. The van der Waals surface area contributed by atoms with Gasteiger partial charge in [0.25, 0.3) is 0 Å². The molecule has 1 heterocycles. The highest BCUT2D eigenvalue weighted by molar-refractivity contribution is 9.10. The van der Waals surface area contributed by atoms with E-state index in [-0.39, 0.29) is 0 Å². The Labute approximate surface area is 121 Å². The SMILES string of the molecule is Cc1cc(CNC(C)c2ccccc2Br)c(C)s1. The van der Waals surface area contributed by atoms with E-state index in [1.54, 1.807) is 0 Å². The highest BCUT2D eigenvalue weighted by atomic mass is 79.9. The average Bonchev–Trinajstić information content (AvgIpc) is 2.65. The molecule has 96 valence electrons. The van der Waals surface area contributed by atoms with Crippen LogP contribution in [0.5, 0.6) is 0 Å². The maximum Gasteiger partial charge on any atom is 0.0306 e. The van der Waals surface area contributed by atoms with Crippen molar-refractivity contribution < 1.29 is 0 Å². The minimum absolute atomic E-state index is 0.347. The van der Waals surface area contributed by atoms with Crippen LogP contribution in [0, 0.1) is 13.8 Å². The molecule has 18 heavy (non-hydrogen) atoms. The first-order valence-electron chi connectivity index (χ1n) is 6.11.